The number of rotatable bonds is 2. The molecule has 0 saturated carbocycles. The van der Waals surface area contributed by atoms with Crippen LogP contribution in [0.1, 0.15) is 11.1 Å². The van der Waals surface area contributed by atoms with Crippen molar-refractivity contribution in [2.75, 3.05) is 0 Å². The Morgan fingerprint density at radius 1 is 1.05 bits per heavy atom. The van der Waals surface area contributed by atoms with E-state index in [9.17, 15) is 14.6 Å². The van der Waals surface area contributed by atoms with Crippen LogP contribution >= 0.6 is 11.8 Å². The summed E-state index contributed by atoms with van der Waals surface area (Å²) in [6.07, 6.45) is 0. The van der Waals surface area contributed by atoms with Gasteiger partial charge in [-0.3, -0.25) is 0 Å². The second-order valence-electron chi connectivity index (χ2n) is 3.78. The van der Waals surface area contributed by atoms with Crippen molar-refractivity contribution < 1.29 is 14.6 Å². The molecule has 0 bridgehead atoms. The van der Waals surface area contributed by atoms with Crippen LogP contribution in [0.25, 0.3) is 0 Å². The Bertz CT molecular complexity index is 746. The molecule has 0 fully saturated rings. The van der Waals surface area contributed by atoms with E-state index in [1.54, 1.807) is 6.07 Å². The molecular formula is C14H7FN2O2S. The van der Waals surface area contributed by atoms with Gasteiger partial charge in [0, 0.05) is 11.0 Å². The van der Waals surface area contributed by atoms with Gasteiger partial charge in [0.1, 0.15) is 23.5 Å². The summed E-state index contributed by atoms with van der Waals surface area (Å²) in [7, 11) is 0. The third-order valence-corrected chi connectivity index (χ3v) is 3.63. The minimum atomic E-state index is -0.573. The molecule has 0 aliphatic carbocycles. The molecule has 2 N–H and O–H groups in total. The Kier molecular flexibility index (Phi) is 3.79. The summed E-state index contributed by atoms with van der Waals surface area (Å²) in [6.45, 7) is 0. The van der Waals surface area contributed by atoms with E-state index in [-0.39, 0.29) is 16.0 Å². The summed E-state index contributed by atoms with van der Waals surface area (Å²) in [5, 5.41) is 37.2. The van der Waals surface area contributed by atoms with Crippen LogP contribution in [-0.2, 0) is 0 Å². The highest BCUT2D eigenvalue weighted by atomic mass is 32.2. The lowest BCUT2D eigenvalue weighted by atomic mass is 10.1. The lowest BCUT2D eigenvalue weighted by Crippen LogP contribution is -1.89. The van der Waals surface area contributed by atoms with Gasteiger partial charge >= 0.3 is 0 Å². The first-order chi connectivity index (χ1) is 9.56. The molecule has 2 aromatic carbocycles. The van der Waals surface area contributed by atoms with Gasteiger partial charge in [0.2, 0.25) is 0 Å². The summed E-state index contributed by atoms with van der Waals surface area (Å²) < 4.78 is 12.8. The fourth-order valence-corrected chi connectivity index (χ4v) is 2.52. The number of halogens is 1. The zero-order valence-electron chi connectivity index (χ0n) is 9.96. The standard InChI is InChI=1S/C14H7FN2O2S/c15-9-1-3-10(4-2-9)20-14-8(6-16)5-12(18)13(19)11(14)7-17/h1-5,18-19H. The average Bonchev–Trinajstić information content (AvgIpc) is 2.45. The number of benzene rings is 2. The fourth-order valence-electron chi connectivity index (χ4n) is 1.55. The predicted octanol–water partition coefficient (Wildman–Crippen LogP) is 3.13. The van der Waals surface area contributed by atoms with E-state index < -0.39 is 17.3 Å². The molecule has 4 nitrogen and oxygen atoms in total. The largest absolute Gasteiger partial charge is 0.504 e. The number of hydrogen-bond donors (Lipinski definition) is 2. The molecule has 20 heavy (non-hydrogen) atoms. The highest BCUT2D eigenvalue weighted by Gasteiger charge is 2.18. The van der Waals surface area contributed by atoms with Gasteiger partial charge in [-0.2, -0.15) is 10.5 Å². The van der Waals surface area contributed by atoms with Gasteiger partial charge in [-0.05, 0) is 24.3 Å². The minimum Gasteiger partial charge on any atom is -0.504 e. The summed E-state index contributed by atoms with van der Waals surface area (Å²) in [6, 6.07) is 10.2. The fraction of sp³-hybridized carbons (Fsp3) is 0. The zero-order chi connectivity index (χ0) is 14.7. The average molecular weight is 286 g/mol. The first-order valence-electron chi connectivity index (χ1n) is 5.39. The Labute approximate surface area is 118 Å². The zero-order valence-corrected chi connectivity index (χ0v) is 10.8. The van der Waals surface area contributed by atoms with E-state index in [1.165, 1.54) is 24.3 Å². The van der Waals surface area contributed by atoms with Gasteiger partial charge in [-0.15, -0.1) is 0 Å². The molecule has 2 rings (SSSR count). The van der Waals surface area contributed by atoms with E-state index in [0.717, 1.165) is 17.8 Å². The summed E-state index contributed by atoms with van der Waals surface area (Å²) in [5.74, 6) is -1.50. The molecule has 0 radical (unpaired) electrons. The maximum atomic E-state index is 12.8. The van der Waals surface area contributed by atoms with Crippen molar-refractivity contribution in [3.05, 3.63) is 47.3 Å². The van der Waals surface area contributed by atoms with Crippen molar-refractivity contribution in [2.24, 2.45) is 0 Å². The van der Waals surface area contributed by atoms with Crippen LogP contribution in [-0.4, -0.2) is 10.2 Å². The molecule has 0 spiro atoms. The highest BCUT2D eigenvalue weighted by molar-refractivity contribution is 7.99. The van der Waals surface area contributed by atoms with Crippen LogP contribution in [0.4, 0.5) is 4.39 Å². The Hall–Kier alpha value is -2.70. The van der Waals surface area contributed by atoms with E-state index in [4.69, 9.17) is 10.5 Å². The number of nitrogens with zero attached hydrogens (tertiary/aromatic N) is 2. The highest BCUT2D eigenvalue weighted by Crippen LogP contribution is 2.41. The van der Waals surface area contributed by atoms with Gasteiger partial charge in [0.15, 0.2) is 11.5 Å². The second-order valence-corrected chi connectivity index (χ2v) is 4.86. The maximum Gasteiger partial charge on any atom is 0.176 e. The lowest BCUT2D eigenvalue weighted by molar-refractivity contribution is 0.401. The summed E-state index contributed by atoms with van der Waals surface area (Å²) in [5.41, 5.74) is -0.123. The number of hydrogen-bond acceptors (Lipinski definition) is 5. The van der Waals surface area contributed by atoms with Crippen molar-refractivity contribution in [3.8, 4) is 23.6 Å². The van der Waals surface area contributed by atoms with Crippen LogP contribution in [0.3, 0.4) is 0 Å². The Morgan fingerprint density at radius 2 is 1.70 bits per heavy atom. The van der Waals surface area contributed by atoms with Crippen LogP contribution in [0, 0.1) is 28.5 Å². The summed E-state index contributed by atoms with van der Waals surface area (Å²) in [4.78, 5) is 0.821. The molecule has 0 atom stereocenters. The van der Waals surface area contributed by atoms with Gasteiger partial charge < -0.3 is 10.2 Å². The third-order valence-electron chi connectivity index (χ3n) is 2.50. The molecule has 0 aromatic heterocycles. The van der Waals surface area contributed by atoms with Gasteiger partial charge in [-0.25, -0.2) is 4.39 Å². The van der Waals surface area contributed by atoms with E-state index in [2.05, 4.69) is 0 Å². The maximum absolute atomic E-state index is 12.8. The molecule has 0 heterocycles. The molecule has 2 aromatic rings. The van der Waals surface area contributed by atoms with Crippen LogP contribution in [0.2, 0.25) is 0 Å². The quantitative estimate of drug-likeness (QED) is 0.828. The Morgan fingerprint density at radius 3 is 2.25 bits per heavy atom. The van der Waals surface area contributed by atoms with E-state index in [1.807, 2.05) is 6.07 Å². The van der Waals surface area contributed by atoms with Crippen molar-refractivity contribution in [1.29, 1.82) is 10.5 Å². The number of phenols is 2. The monoisotopic (exact) mass is 286 g/mol. The first-order valence-corrected chi connectivity index (χ1v) is 6.21. The Balaban J connectivity index is 2.56. The second kappa shape index (κ2) is 5.52. The minimum absolute atomic E-state index is 0.0613. The van der Waals surface area contributed by atoms with Gasteiger partial charge in [0.25, 0.3) is 0 Å². The SMILES string of the molecule is N#Cc1cc(O)c(O)c(C#N)c1Sc1ccc(F)cc1. The lowest BCUT2D eigenvalue weighted by Gasteiger charge is -2.09. The number of phenolic OH excluding ortho intramolecular Hbond substituents is 2. The van der Waals surface area contributed by atoms with Crippen molar-refractivity contribution in [2.45, 2.75) is 9.79 Å². The molecule has 0 amide bonds. The first kappa shape index (κ1) is 13.7. The predicted molar refractivity (Wildman–Crippen MR) is 69.7 cm³/mol. The summed E-state index contributed by atoms with van der Waals surface area (Å²) >= 11 is 1.04. The molecule has 0 saturated heterocycles. The molecule has 98 valence electrons. The van der Waals surface area contributed by atoms with Crippen LogP contribution < -0.4 is 0 Å². The molecule has 6 heteroatoms. The van der Waals surface area contributed by atoms with Gasteiger partial charge in [0.05, 0.1) is 10.5 Å². The van der Waals surface area contributed by atoms with Gasteiger partial charge in [-0.1, -0.05) is 11.8 Å². The molecule has 0 aliphatic rings. The number of aromatic hydroxyl groups is 2. The molecular weight excluding hydrogens is 279 g/mol. The van der Waals surface area contributed by atoms with Crippen LogP contribution in [0.5, 0.6) is 11.5 Å². The molecule has 0 aliphatic heterocycles. The van der Waals surface area contributed by atoms with Crippen molar-refractivity contribution >= 4 is 11.8 Å². The van der Waals surface area contributed by atoms with Crippen LogP contribution in [0.15, 0.2) is 40.1 Å². The van der Waals surface area contributed by atoms with E-state index in [0.29, 0.717) is 4.90 Å². The topological polar surface area (TPSA) is 88.0 Å². The third kappa shape index (κ3) is 2.51. The number of nitriles is 2. The molecule has 0 unspecified atom stereocenters. The smallest absolute Gasteiger partial charge is 0.176 e. The normalized spacial score (nSPS) is 9.75. The van der Waals surface area contributed by atoms with Crippen molar-refractivity contribution in [1.82, 2.24) is 0 Å². The van der Waals surface area contributed by atoms with Crippen molar-refractivity contribution in [3.63, 3.8) is 0 Å². The van der Waals surface area contributed by atoms with E-state index >= 15 is 0 Å².